The number of imidazole rings is 1. The van der Waals surface area contributed by atoms with Crippen molar-refractivity contribution in [2.75, 3.05) is 24.5 Å². The number of hydrogen-bond acceptors (Lipinski definition) is 7. The first-order valence-electron chi connectivity index (χ1n) is 11.4. The van der Waals surface area contributed by atoms with Crippen molar-refractivity contribution in [1.29, 1.82) is 5.26 Å². The van der Waals surface area contributed by atoms with E-state index in [1.54, 1.807) is 36.8 Å². The van der Waals surface area contributed by atoms with Gasteiger partial charge >= 0.3 is 6.09 Å². The number of anilines is 1. The number of pyridine rings is 1. The van der Waals surface area contributed by atoms with E-state index in [1.165, 1.54) is 16.6 Å². The lowest BCUT2D eigenvalue weighted by molar-refractivity contribution is 0.194. The van der Waals surface area contributed by atoms with E-state index in [1.807, 2.05) is 17.7 Å². The van der Waals surface area contributed by atoms with Crippen LogP contribution in [0.15, 0.2) is 60.1 Å². The zero-order valence-corrected chi connectivity index (χ0v) is 20.6. The van der Waals surface area contributed by atoms with Crippen molar-refractivity contribution in [2.45, 2.75) is 30.5 Å². The van der Waals surface area contributed by atoms with Crippen LogP contribution in [-0.2, 0) is 30.0 Å². The number of amides is 1. The minimum absolute atomic E-state index is 0.0639. The first kappa shape index (κ1) is 25.2. The Labute approximate surface area is 209 Å². The fraction of sp³-hybridized carbons (Fsp3) is 0.333. The summed E-state index contributed by atoms with van der Waals surface area (Å²) in [5, 5.41) is 20.6. The topological polar surface area (TPSA) is 144 Å². The van der Waals surface area contributed by atoms with E-state index in [0.29, 0.717) is 31.5 Å². The first-order valence-corrected chi connectivity index (χ1v) is 12.9. The molecule has 0 radical (unpaired) electrons. The van der Waals surface area contributed by atoms with Gasteiger partial charge in [-0.1, -0.05) is 6.07 Å². The van der Waals surface area contributed by atoms with Gasteiger partial charge in [-0.2, -0.15) is 9.57 Å². The summed E-state index contributed by atoms with van der Waals surface area (Å²) in [5.41, 5.74) is 3.27. The second kappa shape index (κ2) is 10.8. The standard InChI is InChI=1S/C24H27N7O4S/c1-29-17-26-14-21(29)16-30-15-20(12-19-11-18(13-25)6-7-22(19)30)31(10-4-9-28-24(32)33)36(34,35)23-5-2-3-8-27-23/h2-3,5-8,11,14,17,20,28H,4,9-10,12,15-16H2,1H3,(H,32,33). The number of carbonyl (C=O) groups is 1. The molecule has 188 valence electrons. The van der Waals surface area contributed by atoms with Gasteiger partial charge < -0.3 is 19.9 Å². The number of fused-ring (bicyclic) bond motifs is 1. The fourth-order valence-electron chi connectivity index (χ4n) is 4.42. The van der Waals surface area contributed by atoms with Crippen molar-refractivity contribution in [3.8, 4) is 6.07 Å². The molecule has 2 aromatic heterocycles. The summed E-state index contributed by atoms with van der Waals surface area (Å²) >= 11 is 0. The zero-order chi connectivity index (χ0) is 25.7. The number of aryl methyl sites for hydroxylation is 1. The Kier molecular flexibility index (Phi) is 7.52. The van der Waals surface area contributed by atoms with E-state index in [9.17, 15) is 18.5 Å². The van der Waals surface area contributed by atoms with Gasteiger partial charge in [0.05, 0.1) is 30.2 Å². The lowest BCUT2D eigenvalue weighted by atomic mass is 9.95. The molecule has 12 heteroatoms. The maximum Gasteiger partial charge on any atom is 0.404 e. The molecule has 1 unspecified atom stereocenters. The number of aromatic nitrogens is 3. The SMILES string of the molecule is Cn1cncc1CN1CC(N(CCCNC(=O)O)S(=O)(=O)c2ccccn2)Cc2cc(C#N)ccc21. The molecule has 0 bridgehead atoms. The predicted molar refractivity (Wildman–Crippen MR) is 132 cm³/mol. The molecule has 1 amide bonds. The van der Waals surface area contributed by atoms with Gasteiger partial charge in [-0.25, -0.2) is 23.2 Å². The minimum atomic E-state index is -3.98. The summed E-state index contributed by atoms with van der Waals surface area (Å²) in [7, 11) is -2.08. The van der Waals surface area contributed by atoms with Crippen LogP contribution in [0.2, 0.25) is 0 Å². The third-order valence-corrected chi connectivity index (χ3v) is 8.02. The molecule has 1 aliphatic heterocycles. The number of nitrogens with zero attached hydrogens (tertiary/aromatic N) is 6. The van der Waals surface area contributed by atoms with Crippen molar-refractivity contribution in [2.24, 2.45) is 7.05 Å². The third kappa shape index (κ3) is 5.48. The summed E-state index contributed by atoms with van der Waals surface area (Å²) in [6, 6.07) is 11.9. The number of sulfonamides is 1. The highest BCUT2D eigenvalue weighted by molar-refractivity contribution is 7.89. The second-order valence-corrected chi connectivity index (χ2v) is 10.4. The van der Waals surface area contributed by atoms with Gasteiger partial charge in [0.1, 0.15) is 0 Å². The van der Waals surface area contributed by atoms with E-state index >= 15 is 0 Å². The molecule has 0 saturated heterocycles. The molecule has 0 aliphatic carbocycles. The normalized spacial score (nSPS) is 15.4. The van der Waals surface area contributed by atoms with Crippen LogP contribution < -0.4 is 10.2 Å². The summed E-state index contributed by atoms with van der Waals surface area (Å²) in [4.78, 5) is 21.3. The molecule has 1 aliphatic rings. The number of rotatable bonds is 9. The zero-order valence-electron chi connectivity index (χ0n) is 19.8. The van der Waals surface area contributed by atoms with E-state index in [-0.39, 0.29) is 18.1 Å². The van der Waals surface area contributed by atoms with Gasteiger partial charge in [0.2, 0.25) is 0 Å². The number of carboxylic acid groups (broad SMARTS) is 1. The second-order valence-electron chi connectivity index (χ2n) is 8.56. The van der Waals surface area contributed by atoms with E-state index < -0.39 is 22.2 Å². The van der Waals surface area contributed by atoms with E-state index in [0.717, 1.165) is 16.9 Å². The predicted octanol–water partition coefficient (Wildman–Crippen LogP) is 1.97. The molecule has 11 nitrogen and oxygen atoms in total. The van der Waals surface area contributed by atoms with Gasteiger partial charge in [0.25, 0.3) is 10.0 Å². The molecule has 36 heavy (non-hydrogen) atoms. The summed E-state index contributed by atoms with van der Waals surface area (Å²) in [6.07, 6.45) is 4.46. The Bertz CT molecular complexity index is 1370. The van der Waals surface area contributed by atoms with Crippen molar-refractivity contribution in [1.82, 2.24) is 24.2 Å². The van der Waals surface area contributed by atoms with E-state index in [4.69, 9.17) is 5.11 Å². The number of nitriles is 1. The monoisotopic (exact) mass is 509 g/mol. The van der Waals surface area contributed by atoms with Crippen molar-refractivity contribution >= 4 is 21.8 Å². The smallest absolute Gasteiger partial charge is 0.404 e. The van der Waals surface area contributed by atoms with Crippen molar-refractivity contribution in [3.05, 3.63) is 71.9 Å². The molecular formula is C24H27N7O4S. The van der Waals surface area contributed by atoms with Crippen LogP contribution in [0.25, 0.3) is 0 Å². The fourth-order valence-corrected chi connectivity index (χ4v) is 6.01. The molecule has 2 N–H and O–H groups in total. The first-order chi connectivity index (χ1) is 17.3. The Balaban J connectivity index is 1.70. The quantitative estimate of drug-likeness (QED) is 0.417. The highest BCUT2D eigenvalue weighted by atomic mass is 32.2. The van der Waals surface area contributed by atoms with Gasteiger partial charge in [-0.05, 0) is 48.7 Å². The van der Waals surface area contributed by atoms with Crippen LogP contribution in [-0.4, -0.2) is 64.1 Å². The average molecular weight is 510 g/mol. The maximum absolute atomic E-state index is 13.7. The third-order valence-electron chi connectivity index (χ3n) is 6.15. The van der Waals surface area contributed by atoms with Crippen LogP contribution in [0.1, 0.15) is 23.2 Å². The molecule has 1 aromatic carbocycles. The minimum Gasteiger partial charge on any atom is -0.465 e. The molecule has 3 aromatic rings. The van der Waals surface area contributed by atoms with E-state index in [2.05, 4.69) is 26.3 Å². The lowest BCUT2D eigenvalue weighted by Crippen LogP contribution is -2.51. The Morgan fingerprint density at radius 3 is 2.83 bits per heavy atom. The Morgan fingerprint density at radius 1 is 1.33 bits per heavy atom. The van der Waals surface area contributed by atoms with Gasteiger partial charge in [-0.3, -0.25) is 0 Å². The van der Waals surface area contributed by atoms with Crippen LogP contribution >= 0.6 is 0 Å². The molecule has 3 heterocycles. The highest BCUT2D eigenvalue weighted by Gasteiger charge is 2.36. The van der Waals surface area contributed by atoms with Crippen LogP contribution in [0, 0.1) is 11.3 Å². The molecule has 0 spiro atoms. The van der Waals surface area contributed by atoms with Gasteiger partial charge in [-0.15, -0.1) is 0 Å². The molecule has 4 rings (SSSR count). The Hall–Kier alpha value is -3.95. The van der Waals surface area contributed by atoms with Gasteiger partial charge in [0, 0.05) is 50.8 Å². The molecular weight excluding hydrogens is 482 g/mol. The van der Waals surface area contributed by atoms with Crippen LogP contribution in [0.3, 0.4) is 0 Å². The Morgan fingerprint density at radius 2 is 2.17 bits per heavy atom. The highest BCUT2D eigenvalue weighted by Crippen LogP contribution is 2.33. The van der Waals surface area contributed by atoms with Crippen molar-refractivity contribution < 1.29 is 18.3 Å². The molecule has 0 saturated carbocycles. The molecule has 1 atom stereocenters. The summed E-state index contributed by atoms with van der Waals surface area (Å²) in [6.45, 7) is 1.13. The lowest BCUT2D eigenvalue weighted by Gasteiger charge is -2.40. The van der Waals surface area contributed by atoms with Crippen LogP contribution in [0.4, 0.5) is 10.5 Å². The maximum atomic E-state index is 13.7. The average Bonchev–Trinajstić information content (AvgIpc) is 3.27. The van der Waals surface area contributed by atoms with Crippen LogP contribution in [0.5, 0.6) is 0 Å². The number of hydrogen-bond donors (Lipinski definition) is 2. The summed E-state index contributed by atoms with van der Waals surface area (Å²) < 4.78 is 30.8. The number of nitrogens with one attached hydrogen (secondary N) is 1. The number of benzene rings is 1. The largest absolute Gasteiger partial charge is 0.465 e. The molecule has 0 fully saturated rings. The summed E-state index contributed by atoms with van der Waals surface area (Å²) in [5.74, 6) is 0. The van der Waals surface area contributed by atoms with Crippen molar-refractivity contribution in [3.63, 3.8) is 0 Å². The van der Waals surface area contributed by atoms with Gasteiger partial charge in [0.15, 0.2) is 5.03 Å².